The number of hydrogen-bond acceptors (Lipinski definition) is 6. The summed E-state index contributed by atoms with van der Waals surface area (Å²) in [6.07, 6.45) is 4.07. The van der Waals surface area contributed by atoms with E-state index in [-0.39, 0.29) is 17.7 Å². The van der Waals surface area contributed by atoms with E-state index in [0.717, 1.165) is 0 Å². The summed E-state index contributed by atoms with van der Waals surface area (Å²) in [7, 11) is 0. The Bertz CT molecular complexity index is 1040. The maximum atomic E-state index is 13.1. The summed E-state index contributed by atoms with van der Waals surface area (Å²) in [4.78, 5) is 73.2. The summed E-state index contributed by atoms with van der Waals surface area (Å²) in [6, 6.07) is -1.81. The lowest BCUT2D eigenvalue weighted by Gasteiger charge is -2.27. The lowest BCUT2D eigenvalue weighted by atomic mass is 10.1. The summed E-state index contributed by atoms with van der Waals surface area (Å²) >= 11 is 0. The smallest absolute Gasteiger partial charge is 0.326 e. The number of nitrogens with zero attached hydrogens (tertiary/aromatic N) is 2. The van der Waals surface area contributed by atoms with Crippen molar-refractivity contribution in [1.82, 2.24) is 30.2 Å². The molecule has 1 fully saturated rings. The van der Waals surface area contributed by atoms with Gasteiger partial charge in [0.2, 0.25) is 11.8 Å². The minimum Gasteiger partial charge on any atom is -0.368 e. The van der Waals surface area contributed by atoms with Crippen LogP contribution in [0.15, 0.2) is 22.1 Å². The van der Waals surface area contributed by atoms with Crippen molar-refractivity contribution >= 4 is 17.7 Å². The van der Waals surface area contributed by atoms with Crippen LogP contribution < -0.4 is 22.3 Å². The molecule has 2 atom stereocenters. The monoisotopic (exact) mass is 403 g/mol. The number of rotatable bonds is 6. The molecule has 1 aliphatic rings. The van der Waals surface area contributed by atoms with Crippen molar-refractivity contribution < 1.29 is 14.4 Å². The predicted octanol–water partition coefficient (Wildman–Crippen LogP) is -2.09. The molecule has 2 aromatic rings. The molecule has 3 rings (SSSR count). The molecular weight excluding hydrogens is 382 g/mol. The van der Waals surface area contributed by atoms with Gasteiger partial charge in [-0.1, -0.05) is 0 Å². The first-order valence-electron chi connectivity index (χ1n) is 8.99. The Kier molecular flexibility index (Phi) is 5.61. The number of H-pyrrole nitrogens is 3. The quantitative estimate of drug-likeness (QED) is 0.368. The zero-order chi connectivity index (χ0) is 21.1. The van der Waals surface area contributed by atoms with Crippen molar-refractivity contribution in [3.63, 3.8) is 0 Å². The average molecular weight is 403 g/mol. The third-order valence-electron chi connectivity index (χ3n) is 4.85. The normalized spacial score (nSPS) is 17.1. The van der Waals surface area contributed by atoms with E-state index in [1.807, 2.05) is 4.98 Å². The number of carbonyl (C=O) groups excluding carboxylic acids is 3. The number of nitrogens with two attached hydrogens (primary N) is 1. The third-order valence-corrected chi connectivity index (χ3v) is 4.85. The lowest BCUT2D eigenvalue weighted by Crippen LogP contribution is -2.54. The molecule has 6 N–H and O–H groups in total. The average Bonchev–Trinajstić information content (AvgIpc) is 3.35. The number of likely N-dealkylation sites (tertiary alicyclic amines) is 1. The fourth-order valence-corrected chi connectivity index (χ4v) is 3.35. The summed E-state index contributed by atoms with van der Waals surface area (Å²) in [6.45, 7) is 1.71. The molecule has 1 saturated heterocycles. The van der Waals surface area contributed by atoms with Crippen LogP contribution in [0.1, 0.15) is 34.6 Å². The van der Waals surface area contributed by atoms with Gasteiger partial charge in [-0.15, -0.1) is 0 Å². The number of primary amides is 1. The Hall–Kier alpha value is -3.70. The number of nitrogens with one attached hydrogen (secondary N) is 4. The number of hydrogen-bond donors (Lipinski definition) is 5. The zero-order valence-corrected chi connectivity index (χ0v) is 15.7. The minimum atomic E-state index is -1.06. The van der Waals surface area contributed by atoms with Crippen molar-refractivity contribution in [3.05, 3.63) is 50.3 Å². The molecule has 0 aliphatic carbocycles. The Morgan fingerprint density at radius 3 is 2.76 bits per heavy atom. The van der Waals surface area contributed by atoms with E-state index >= 15 is 0 Å². The summed E-state index contributed by atoms with van der Waals surface area (Å²) in [5, 5.41) is 2.55. The van der Waals surface area contributed by atoms with Crippen LogP contribution >= 0.6 is 0 Å². The van der Waals surface area contributed by atoms with Crippen molar-refractivity contribution in [2.45, 2.75) is 38.3 Å². The van der Waals surface area contributed by atoms with E-state index < -0.39 is 41.1 Å². The second-order valence-electron chi connectivity index (χ2n) is 6.81. The molecule has 0 unspecified atom stereocenters. The van der Waals surface area contributed by atoms with E-state index in [1.54, 1.807) is 0 Å². The highest BCUT2D eigenvalue weighted by atomic mass is 16.2. The van der Waals surface area contributed by atoms with E-state index in [4.69, 9.17) is 5.73 Å². The van der Waals surface area contributed by atoms with Gasteiger partial charge in [0.15, 0.2) is 0 Å². The van der Waals surface area contributed by atoms with Gasteiger partial charge in [-0.25, -0.2) is 9.78 Å². The van der Waals surface area contributed by atoms with Crippen LogP contribution in [0.4, 0.5) is 0 Å². The molecule has 12 heteroatoms. The second kappa shape index (κ2) is 8.12. The maximum Gasteiger partial charge on any atom is 0.326 e. The molecule has 0 bridgehead atoms. The van der Waals surface area contributed by atoms with Crippen LogP contribution in [0.5, 0.6) is 0 Å². The van der Waals surface area contributed by atoms with Crippen LogP contribution in [0, 0.1) is 6.92 Å². The SMILES string of the molecule is Cc1c(C(=O)N[C@@H](Cc2cnc[nH]2)C(=O)N2CCC[C@H]2C(N)=O)[nH]c(=O)[nH]c1=O. The second-order valence-corrected chi connectivity index (χ2v) is 6.81. The van der Waals surface area contributed by atoms with Gasteiger partial charge in [0.05, 0.1) is 6.33 Å². The highest BCUT2D eigenvalue weighted by molar-refractivity contribution is 5.98. The van der Waals surface area contributed by atoms with Gasteiger partial charge in [-0.05, 0) is 19.8 Å². The molecule has 0 radical (unpaired) electrons. The molecule has 154 valence electrons. The number of aromatic nitrogens is 4. The van der Waals surface area contributed by atoms with Gasteiger partial charge in [-0.2, -0.15) is 0 Å². The van der Waals surface area contributed by atoms with Crippen LogP contribution in [0.3, 0.4) is 0 Å². The number of carbonyl (C=O) groups is 3. The minimum absolute atomic E-state index is 0.00558. The Morgan fingerprint density at radius 1 is 1.34 bits per heavy atom. The van der Waals surface area contributed by atoms with Crippen LogP contribution in [0.2, 0.25) is 0 Å². The van der Waals surface area contributed by atoms with E-state index in [2.05, 4.69) is 20.3 Å². The van der Waals surface area contributed by atoms with Gasteiger partial charge in [-0.3, -0.25) is 24.2 Å². The van der Waals surface area contributed by atoms with Crippen molar-refractivity contribution in [1.29, 1.82) is 0 Å². The highest BCUT2D eigenvalue weighted by Crippen LogP contribution is 2.19. The van der Waals surface area contributed by atoms with E-state index in [9.17, 15) is 24.0 Å². The fourth-order valence-electron chi connectivity index (χ4n) is 3.35. The van der Waals surface area contributed by atoms with Gasteiger partial charge < -0.3 is 25.9 Å². The molecule has 29 heavy (non-hydrogen) atoms. The van der Waals surface area contributed by atoms with Gasteiger partial charge >= 0.3 is 5.69 Å². The molecule has 0 spiro atoms. The molecule has 0 aromatic carbocycles. The van der Waals surface area contributed by atoms with Crippen LogP contribution in [0.25, 0.3) is 0 Å². The molecule has 1 aliphatic heterocycles. The van der Waals surface area contributed by atoms with Crippen LogP contribution in [-0.2, 0) is 16.0 Å². The van der Waals surface area contributed by atoms with Crippen LogP contribution in [-0.4, -0.2) is 61.2 Å². The molecule has 3 amide bonds. The fraction of sp³-hybridized carbons (Fsp3) is 0.412. The Labute approximate surface area is 163 Å². The first kappa shape index (κ1) is 20.0. The summed E-state index contributed by atoms with van der Waals surface area (Å²) in [5.41, 5.74) is 4.19. The van der Waals surface area contributed by atoms with Crippen molar-refractivity contribution in [3.8, 4) is 0 Å². The first-order chi connectivity index (χ1) is 13.8. The highest BCUT2D eigenvalue weighted by Gasteiger charge is 2.37. The van der Waals surface area contributed by atoms with E-state index in [1.165, 1.54) is 24.3 Å². The lowest BCUT2D eigenvalue weighted by molar-refractivity contribution is -0.138. The molecule has 12 nitrogen and oxygen atoms in total. The maximum absolute atomic E-state index is 13.1. The van der Waals surface area contributed by atoms with Gasteiger partial charge in [0, 0.05) is 30.4 Å². The van der Waals surface area contributed by atoms with Crippen molar-refractivity contribution in [2.75, 3.05) is 6.54 Å². The number of aromatic amines is 3. The molecule has 0 saturated carbocycles. The predicted molar refractivity (Wildman–Crippen MR) is 99.9 cm³/mol. The molecule has 2 aromatic heterocycles. The third kappa shape index (κ3) is 4.25. The van der Waals surface area contributed by atoms with E-state index in [0.29, 0.717) is 25.1 Å². The summed E-state index contributed by atoms with van der Waals surface area (Å²) in [5.74, 6) is -1.89. The molecular formula is C17H21N7O5. The first-order valence-corrected chi connectivity index (χ1v) is 8.99. The number of amides is 3. The molecule has 3 heterocycles. The standard InChI is InChI=1S/C17H21N7O5/c1-8-12(22-17(29)23-14(8)26)15(27)21-10(5-9-6-19-7-20-9)16(28)24-4-2-3-11(24)13(18)25/h6-7,10-11H,2-5H2,1H3,(H2,18,25)(H,19,20)(H,21,27)(H2,22,23,26,29)/t10-,11-/m0/s1. The van der Waals surface area contributed by atoms with Gasteiger partial charge in [0.1, 0.15) is 17.8 Å². The Balaban J connectivity index is 1.89. The van der Waals surface area contributed by atoms with Crippen molar-refractivity contribution in [2.24, 2.45) is 5.73 Å². The topological polar surface area (TPSA) is 187 Å². The zero-order valence-electron chi connectivity index (χ0n) is 15.7. The largest absolute Gasteiger partial charge is 0.368 e. The summed E-state index contributed by atoms with van der Waals surface area (Å²) < 4.78 is 0. The van der Waals surface area contributed by atoms with Gasteiger partial charge in [0.25, 0.3) is 11.5 Å². The number of imidazole rings is 1. The Morgan fingerprint density at radius 2 is 2.10 bits per heavy atom.